The molecular formula is C44H26Br6O3. The van der Waals surface area contributed by atoms with E-state index in [2.05, 4.69) is 187 Å². The van der Waals surface area contributed by atoms with Gasteiger partial charge in [-0.2, -0.15) is 0 Å². The van der Waals surface area contributed by atoms with Gasteiger partial charge in [0.15, 0.2) is 0 Å². The average molecular weight is 1080 g/mol. The molecule has 0 bridgehead atoms. The van der Waals surface area contributed by atoms with Gasteiger partial charge in [0.25, 0.3) is 0 Å². The number of aromatic hydroxyl groups is 3. The van der Waals surface area contributed by atoms with Crippen LogP contribution in [0.2, 0.25) is 0 Å². The zero-order valence-corrected chi connectivity index (χ0v) is 37.0. The fourth-order valence-corrected chi connectivity index (χ4v) is 11.3. The number of benzene rings is 7. The SMILES string of the molecule is Oc1c(Br)cc(-c2cccc3c2Cc2ccccc2-3)cc1Br.Oc1c(Br)cc(C2(c3cc(Br)c(O)c(Br)c3)c3ccccc3-c3ccccc32)cc1Br. The van der Waals surface area contributed by atoms with E-state index in [0.29, 0.717) is 26.8 Å². The van der Waals surface area contributed by atoms with Gasteiger partial charge in [0, 0.05) is 0 Å². The zero-order valence-electron chi connectivity index (χ0n) is 27.4. The maximum atomic E-state index is 10.4. The predicted octanol–water partition coefficient (Wildman–Crippen LogP) is 14.7. The van der Waals surface area contributed by atoms with E-state index in [9.17, 15) is 15.3 Å². The first-order valence-corrected chi connectivity index (χ1v) is 21.2. The van der Waals surface area contributed by atoms with E-state index >= 15 is 0 Å². The summed E-state index contributed by atoms with van der Waals surface area (Å²) in [5, 5.41) is 30.7. The molecule has 2 aliphatic rings. The predicted molar refractivity (Wildman–Crippen MR) is 235 cm³/mol. The molecule has 3 nitrogen and oxygen atoms in total. The van der Waals surface area contributed by atoms with E-state index in [1.165, 1.54) is 38.9 Å². The van der Waals surface area contributed by atoms with Crippen molar-refractivity contribution in [2.75, 3.05) is 0 Å². The lowest BCUT2D eigenvalue weighted by Gasteiger charge is -2.34. The lowest BCUT2D eigenvalue weighted by atomic mass is 9.67. The molecule has 0 saturated heterocycles. The summed E-state index contributed by atoms with van der Waals surface area (Å²) in [6.45, 7) is 0. The molecule has 0 heterocycles. The number of phenols is 3. The second-order valence-electron chi connectivity index (χ2n) is 12.9. The molecule has 53 heavy (non-hydrogen) atoms. The molecule has 3 N–H and O–H groups in total. The van der Waals surface area contributed by atoms with Crippen molar-refractivity contribution in [2.24, 2.45) is 0 Å². The first kappa shape index (κ1) is 36.8. The Hall–Kier alpha value is -3.18. The molecule has 0 atom stereocenters. The molecule has 9 rings (SSSR count). The molecule has 0 aliphatic heterocycles. The van der Waals surface area contributed by atoms with Crippen molar-refractivity contribution < 1.29 is 15.3 Å². The van der Waals surface area contributed by atoms with Crippen LogP contribution >= 0.6 is 95.6 Å². The van der Waals surface area contributed by atoms with Crippen LogP contribution in [0.15, 0.2) is 154 Å². The van der Waals surface area contributed by atoms with Gasteiger partial charge in [0.05, 0.1) is 32.3 Å². The molecule has 262 valence electrons. The third kappa shape index (κ3) is 6.16. The van der Waals surface area contributed by atoms with Crippen LogP contribution in [-0.4, -0.2) is 15.3 Å². The van der Waals surface area contributed by atoms with Crippen LogP contribution in [-0.2, 0) is 11.8 Å². The summed E-state index contributed by atoms with van der Waals surface area (Å²) in [6, 6.07) is 43.6. The first-order chi connectivity index (χ1) is 25.5. The molecule has 7 aromatic carbocycles. The van der Waals surface area contributed by atoms with Crippen LogP contribution in [0.25, 0.3) is 33.4 Å². The summed E-state index contributed by atoms with van der Waals surface area (Å²) in [5.74, 6) is 0.553. The quantitative estimate of drug-likeness (QED) is 0.165. The van der Waals surface area contributed by atoms with Crippen molar-refractivity contribution in [1.82, 2.24) is 0 Å². The Kier molecular flexibility index (Phi) is 10.0. The number of hydrogen-bond acceptors (Lipinski definition) is 3. The fraction of sp³-hybridized carbons (Fsp3) is 0.0455. The van der Waals surface area contributed by atoms with Crippen LogP contribution in [0, 0.1) is 0 Å². The summed E-state index contributed by atoms with van der Waals surface area (Å²) in [5.41, 5.74) is 13.6. The van der Waals surface area contributed by atoms with Gasteiger partial charge in [0.2, 0.25) is 0 Å². The minimum Gasteiger partial charge on any atom is -0.506 e. The Morgan fingerprint density at radius 1 is 0.396 bits per heavy atom. The van der Waals surface area contributed by atoms with Gasteiger partial charge >= 0.3 is 0 Å². The van der Waals surface area contributed by atoms with Gasteiger partial charge in [0.1, 0.15) is 17.2 Å². The third-order valence-corrected chi connectivity index (χ3v) is 13.7. The normalized spacial score (nSPS) is 13.0. The Bertz CT molecular complexity index is 2440. The van der Waals surface area contributed by atoms with Gasteiger partial charge in [-0.05, 0) is 205 Å². The van der Waals surface area contributed by atoms with Crippen molar-refractivity contribution in [2.45, 2.75) is 11.8 Å². The van der Waals surface area contributed by atoms with Crippen molar-refractivity contribution in [1.29, 1.82) is 0 Å². The van der Waals surface area contributed by atoms with Crippen molar-refractivity contribution in [3.8, 4) is 50.6 Å². The fourth-order valence-electron chi connectivity index (χ4n) is 7.74. The van der Waals surface area contributed by atoms with Gasteiger partial charge in [-0.15, -0.1) is 0 Å². The Labute approximate surface area is 357 Å². The molecule has 7 aromatic rings. The van der Waals surface area contributed by atoms with Crippen molar-refractivity contribution in [3.63, 3.8) is 0 Å². The van der Waals surface area contributed by atoms with Crippen LogP contribution < -0.4 is 0 Å². The van der Waals surface area contributed by atoms with Gasteiger partial charge < -0.3 is 15.3 Å². The first-order valence-electron chi connectivity index (χ1n) is 16.5. The molecule has 0 spiro atoms. The summed E-state index contributed by atoms with van der Waals surface area (Å²) < 4.78 is 3.82. The Morgan fingerprint density at radius 3 is 1.26 bits per heavy atom. The van der Waals surface area contributed by atoms with Gasteiger partial charge in [-0.1, -0.05) is 91.0 Å². The molecule has 0 unspecified atom stereocenters. The third-order valence-electron chi connectivity index (χ3n) is 10.0. The van der Waals surface area contributed by atoms with E-state index in [4.69, 9.17) is 0 Å². The highest BCUT2D eigenvalue weighted by molar-refractivity contribution is 9.12. The molecule has 0 radical (unpaired) electrons. The summed E-state index contributed by atoms with van der Waals surface area (Å²) in [4.78, 5) is 0. The number of phenolic OH excluding ortho intramolecular Hbond substituents is 3. The number of fused-ring (bicyclic) bond motifs is 6. The highest BCUT2D eigenvalue weighted by Gasteiger charge is 2.46. The summed E-state index contributed by atoms with van der Waals surface area (Å²) in [6.07, 6.45) is 0.956. The van der Waals surface area contributed by atoms with E-state index in [1.54, 1.807) is 0 Å². The zero-order chi connectivity index (χ0) is 37.2. The molecule has 0 saturated carbocycles. The van der Waals surface area contributed by atoms with Gasteiger partial charge in [-0.25, -0.2) is 0 Å². The van der Waals surface area contributed by atoms with Crippen molar-refractivity contribution >= 4 is 95.6 Å². The maximum Gasteiger partial charge on any atom is 0.143 e. The summed E-state index contributed by atoms with van der Waals surface area (Å²) >= 11 is 20.9. The minimum atomic E-state index is -0.648. The molecule has 0 fully saturated rings. The highest BCUT2D eigenvalue weighted by Crippen LogP contribution is 2.58. The molecule has 0 amide bonds. The Morgan fingerprint density at radius 2 is 0.774 bits per heavy atom. The monoisotopic (exact) mass is 1080 g/mol. The van der Waals surface area contributed by atoms with E-state index < -0.39 is 5.41 Å². The van der Waals surface area contributed by atoms with Gasteiger partial charge in [-0.3, -0.25) is 0 Å². The lowest BCUT2D eigenvalue weighted by molar-refractivity contribution is 0.467. The number of rotatable bonds is 3. The van der Waals surface area contributed by atoms with E-state index in [0.717, 1.165) is 34.2 Å². The summed E-state index contributed by atoms with van der Waals surface area (Å²) in [7, 11) is 0. The van der Waals surface area contributed by atoms with Crippen molar-refractivity contribution in [3.05, 3.63) is 188 Å². The van der Waals surface area contributed by atoms with Crippen LogP contribution in [0.1, 0.15) is 33.4 Å². The van der Waals surface area contributed by atoms with E-state index in [1.807, 2.05) is 36.4 Å². The molecule has 9 heteroatoms. The molecule has 2 aliphatic carbocycles. The number of halogens is 6. The van der Waals surface area contributed by atoms with E-state index in [-0.39, 0.29) is 17.2 Å². The average Bonchev–Trinajstić information content (AvgIpc) is 3.69. The maximum absolute atomic E-state index is 10.4. The minimum absolute atomic E-state index is 0.159. The smallest absolute Gasteiger partial charge is 0.143 e. The highest BCUT2D eigenvalue weighted by atomic mass is 79.9. The standard InChI is InChI=1S/C25H14Br4O2.C19H12Br2O/c26-19-9-13(10-20(27)23(19)30)25(14-11-21(28)24(31)22(29)12-14)17-7-3-1-5-15(17)16-6-2-4-8-18(16)25;20-17-9-12(10-18(21)19(17)22)14-6-3-7-15-13-5-2-1-4-11(13)8-16(14)15/h1-12,30-31H;1-7,9-10,22H,8H2. The Balaban J connectivity index is 0.000000160. The van der Waals surface area contributed by atoms with Crippen LogP contribution in [0.3, 0.4) is 0 Å². The molecular weight excluding hydrogens is 1060 g/mol. The van der Waals surface area contributed by atoms with Crippen LogP contribution in [0.5, 0.6) is 17.2 Å². The lowest BCUT2D eigenvalue weighted by Crippen LogP contribution is -2.28. The second kappa shape index (κ2) is 14.5. The number of hydrogen-bond donors (Lipinski definition) is 3. The van der Waals surface area contributed by atoms with Crippen LogP contribution in [0.4, 0.5) is 0 Å². The molecule has 0 aromatic heterocycles. The second-order valence-corrected chi connectivity index (χ2v) is 18.0. The topological polar surface area (TPSA) is 60.7 Å². The largest absolute Gasteiger partial charge is 0.506 e.